The molecule has 92 valence electrons. The van der Waals surface area contributed by atoms with Crippen LogP contribution in [0.4, 0.5) is 0 Å². The fraction of sp³-hybridized carbons (Fsp3) is 0.455. The summed E-state index contributed by atoms with van der Waals surface area (Å²) in [7, 11) is 0. The Kier molecular flexibility index (Phi) is 4.07. The first kappa shape index (κ1) is 12.5. The molecule has 0 amide bonds. The zero-order valence-corrected chi connectivity index (χ0v) is 11.0. The molecule has 0 saturated heterocycles. The van der Waals surface area contributed by atoms with E-state index in [1.165, 1.54) is 0 Å². The number of aromatic amines is 1. The van der Waals surface area contributed by atoms with Gasteiger partial charge in [0.2, 0.25) is 0 Å². The molecular weight excluding hydrogens is 261 g/mol. The largest absolute Gasteiger partial charge is 0.359 e. The average molecular weight is 274 g/mol. The van der Waals surface area contributed by atoms with Crippen LogP contribution in [0.3, 0.4) is 0 Å². The summed E-state index contributed by atoms with van der Waals surface area (Å²) in [5.74, 6) is 1.77. The van der Waals surface area contributed by atoms with Gasteiger partial charge in [-0.2, -0.15) is 0 Å². The van der Waals surface area contributed by atoms with Gasteiger partial charge in [-0.15, -0.1) is 11.6 Å². The summed E-state index contributed by atoms with van der Waals surface area (Å²) in [6.45, 7) is 2.13. The summed E-state index contributed by atoms with van der Waals surface area (Å²) in [6.07, 6.45) is 3.08. The number of nitrogens with one attached hydrogen (secondary N) is 1. The summed E-state index contributed by atoms with van der Waals surface area (Å²) >= 11 is 11.7. The number of imidazole rings is 1. The Labute approximate surface area is 109 Å². The molecule has 0 aliphatic carbocycles. The van der Waals surface area contributed by atoms with Crippen molar-refractivity contribution in [1.29, 1.82) is 0 Å². The monoisotopic (exact) mass is 273 g/mol. The highest BCUT2D eigenvalue weighted by atomic mass is 35.5. The number of hydrogen-bond acceptors (Lipinski definition) is 3. The molecule has 4 nitrogen and oxygen atoms in total. The van der Waals surface area contributed by atoms with Gasteiger partial charge in [0, 0.05) is 12.5 Å². The summed E-state index contributed by atoms with van der Waals surface area (Å²) in [5.41, 5.74) is 1.24. The van der Waals surface area contributed by atoms with Crippen molar-refractivity contribution >= 4 is 23.2 Å². The lowest BCUT2D eigenvalue weighted by atomic mass is 10.2. The Bertz CT molecular complexity index is 493. The molecule has 0 unspecified atom stereocenters. The van der Waals surface area contributed by atoms with Gasteiger partial charge in [-0.05, 0) is 6.42 Å². The van der Waals surface area contributed by atoms with E-state index in [2.05, 4.69) is 22.0 Å². The maximum Gasteiger partial charge on any atom is 0.152 e. The zero-order chi connectivity index (χ0) is 12.3. The van der Waals surface area contributed by atoms with Crippen molar-refractivity contribution in [1.82, 2.24) is 15.1 Å². The number of unbranched alkanes of at least 4 members (excludes halogenated alkanes) is 1. The molecule has 2 aromatic heterocycles. The second kappa shape index (κ2) is 5.56. The Balaban J connectivity index is 2.22. The molecule has 0 spiro atoms. The van der Waals surface area contributed by atoms with Crippen LogP contribution >= 0.6 is 23.2 Å². The molecule has 6 heteroatoms. The molecular formula is C11H13Cl2N3O. The fourth-order valence-corrected chi connectivity index (χ4v) is 1.89. The maximum atomic E-state index is 6.08. The highest BCUT2D eigenvalue weighted by Crippen LogP contribution is 2.26. The predicted octanol–water partition coefficient (Wildman–Crippen LogP) is 3.80. The van der Waals surface area contributed by atoms with E-state index < -0.39 is 0 Å². The van der Waals surface area contributed by atoms with Crippen molar-refractivity contribution in [3.8, 4) is 11.4 Å². The van der Waals surface area contributed by atoms with E-state index >= 15 is 0 Å². The highest BCUT2D eigenvalue weighted by molar-refractivity contribution is 6.31. The van der Waals surface area contributed by atoms with E-state index in [9.17, 15) is 0 Å². The molecule has 2 aromatic rings. The van der Waals surface area contributed by atoms with Crippen molar-refractivity contribution < 1.29 is 4.52 Å². The van der Waals surface area contributed by atoms with E-state index in [4.69, 9.17) is 27.7 Å². The summed E-state index contributed by atoms with van der Waals surface area (Å²) in [6, 6.07) is 1.75. The average Bonchev–Trinajstić information content (AvgIpc) is 2.92. The van der Waals surface area contributed by atoms with Crippen LogP contribution in [-0.2, 0) is 12.3 Å². The van der Waals surface area contributed by atoms with E-state index in [0.29, 0.717) is 22.3 Å². The Hall–Kier alpha value is -1.000. The standard InChI is InChI=1S/C11H13Cl2N3O/c1-2-3-4-9-14-10(11(13)15-9)8-5-7(6-12)17-16-8/h5H,2-4,6H2,1H3,(H,14,15). The van der Waals surface area contributed by atoms with Gasteiger partial charge >= 0.3 is 0 Å². The van der Waals surface area contributed by atoms with Gasteiger partial charge in [-0.3, -0.25) is 0 Å². The van der Waals surface area contributed by atoms with Crippen molar-refractivity contribution in [2.45, 2.75) is 32.1 Å². The number of halogens is 2. The first-order valence-corrected chi connectivity index (χ1v) is 6.42. The smallest absolute Gasteiger partial charge is 0.152 e. The minimum atomic E-state index is 0.289. The molecule has 0 bridgehead atoms. The van der Waals surface area contributed by atoms with Gasteiger partial charge in [-0.1, -0.05) is 30.1 Å². The number of rotatable bonds is 5. The third-order valence-electron chi connectivity index (χ3n) is 2.41. The predicted molar refractivity (Wildman–Crippen MR) is 67.3 cm³/mol. The van der Waals surface area contributed by atoms with Crippen LogP contribution in [0, 0.1) is 0 Å². The lowest BCUT2D eigenvalue weighted by molar-refractivity contribution is 0.396. The lowest BCUT2D eigenvalue weighted by Crippen LogP contribution is -1.87. The van der Waals surface area contributed by atoms with Crippen molar-refractivity contribution in [3.63, 3.8) is 0 Å². The van der Waals surface area contributed by atoms with Crippen molar-refractivity contribution in [2.24, 2.45) is 0 Å². The molecule has 17 heavy (non-hydrogen) atoms. The molecule has 0 aliphatic rings. The SMILES string of the molecule is CCCCc1nc(-c2cc(CCl)on2)c(Cl)[nH]1. The summed E-state index contributed by atoms with van der Waals surface area (Å²) < 4.78 is 5.02. The first-order chi connectivity index (χ1) is 8.24. The minimum absolute atomic E-state index is 0.289. The van der Waals surface area contributed by atoms with E-state index in [1.54, 1.807) is 6.07 Å². The van der Waals surface area contributed by atoms with Gasteiger partial charge in [0.25, 0.3) is 0 Å². The van der Waals surface area contributed by atoms with Crippen molar-refractivity contribution in [2.75, 3.05) is 0 Å². The van der Waals surface area contributed by atoms with Gasteiger partial charge in [0.15, 0.2) is 5.76 Å². The minimum Gasteiger partial charge on any atom is -0.359 e. The van der Waals surface area contributed by atoms with E-state index in [-0.39, 0.29) is 5.88 Å². The quantitative estimate of drug-likeness (QED) is 0.844. The van der Waals surface area contributed by atoms with Gasteiger partial charge in [-0.25, -0.2) is 4.98 Å². The topological polar surface area (TPSA) is 54.7 Å². The molecule has 0 radical (unpaired) electrons. The molecule has 0 fully saturated rings. The Morgan fingerprint density at radius 3 is 2.94 bits per heavy atom. The van der Waals surface area contributed by atoms with Crippen LogP contribution in [0.2, 0.25) is 5.15 Å². The number of alkyl halides is 1. The molecule has 0 saturated carbocycles. The number of aromatic nitrogens is 3. The Morgan fingerprint density at radius 1 is 1.47 bits per heavy atom. The van der Waals surface area contributed by atoms with Gasteiger partial charge in [0.05, 0.1) is 5.88 Å². The lowest BCUT2D eigenvalue weighted by Gasteiger charge is -1.91. The van der Waals surface area contributed by atoms with Gasteiger partial charge in [0.1, 0.15) is 22.4 Å². The van der Waals surface area contributed by atoms with Crippen LogP contribution in [0.5, 0.6) is 0 Å². The summed E-state index contributed by atoms with van der Waals surface area (Å²) in [5, 5.41) is 4.38. The van der Waals surface area contributed by atoms with Crippen LogP contribution in [0.15, 0.2) is 10.6 Å². The third kappa shape index (κ3) is 2.82. The zero-order valence-electron chi connectivity index (χ0n) is 9.46. The van der Waals surface area contributed by atoms with Crippen LogP contribution in [-0.4, -0.2) is 15.1 Å². The maximum absolute atomic E-state index is 6.08. The highest BCUT2D eigenvalue weighted by Gasteiger charge is 2.14. The summed E-state index contributed by atoms with van der Waals surface area (Å²) in [4.78, 5) is 7.46. The van der Waals surface area contributed by atoms with Crippen LogP contribution in [0.25, 0.3) is 11.4 Å². The Morgan fingerprint density at radius 2 is 2.29 bits per heavy atom. The second-order valence-corrected chi connectivity index (χ2v) is 4.41. The fourth-order valence-electron chi connectivity index (χ4n) is 1.52. The van der Waals surface area contributed by atoms with Crippen LogP contribution < -0.4 is 0 Å². The van der Waals surface area contributed by atoms with Gasteiger partial charge < -0.3 is 9.51 Å². The molecule has 2 rings (SSSR count). The number of nitrogens with zero attached hydrogens (tertiary/aromatic N) is 2. The number of aryl methyl sites for hydroxylation is 1. The molecule has 0 aromatic carbocycles. The number of hydrogen-bond donors (Lipinski definition) is 1. The first-order valence-electron chi connectivity index (χ1n) is 5.51. The molecule has 1 N–H and O–H groups in total. The molecule has 2 heterocycles. The van der Waals surface area contributed by atoms with E-state index in [0.717, 1.165) is 25.1 Å². The molecule has 0 aliphatic heterocycles. The normalized spacial score (nSPS) is 11.0. The van der Waals surface area contributed by atoms with Crippen LogP contribution in [0.1, 0.15) is 31.4 Å². The third-order valence-corrected chi connectivity index (χ3v) is 2.95. The molecule has 0 atom stereocenters. The number of H-pyrrole nitrogens is 1. The van der Waals surface area contributed by atoms with E-state index in [1.807, 2.05) is 0 Å². The van der Waals surface area contributed by atoms with Crippen molar-refractivity contribution in [3.05, 3.63) is 22.8 Å². The second-order valence-electron chi connectivity index (χ2n) is 3.76.